The third-order valence-electron chi connectivity index (χ3n) is 6.83. The van der Waals surface area contributed by atoms with Gasteiger partial charge in [-0.3, -0.25) is 0 Å². The molecule has 0 radical (unpaired) electrons. The Bertz CT molecular complexity index is 1340. The number of phenolic OH excluding ortho intramolecular Hbond substituents is 1. The Hall–Kier alpha value is -2.90. The van der Waals surface area contributed by atoms with Crippen molar-refractivity contribution in [2.75, 3.05) is 12.4 Å². The number of thiol groups is 1. The third-order valence-corrected chi connectivity index (χ3v) is 8.33. The Morgan fingerprint density at radius 1 is 1.11 bits per heavy atom. The Morgan fingerprint density at radius 2 is 1.82 bits per heavy atom. The van der Waals surface area contributed by atoms with Crippen molar-refractivity contribution in [3.8, 4) is 22.6 Å². The summed E-state index contributed by atoms with van der Waals surface area (Å²) in [4.78, 5) is 14.3. The molecule has 0 amide bonds. The van der Waals surface area contributed by atoms with Gasteiger partial charge in [0.2, 0.25) is 0 Å². The molecule has 0 saturated heterocycles. The summed E-state index contributed by atoms with van der Waals surface area (Å²) in [6.07, 6.45) is 7.70. The van der Waals surface area contributed by atoms with Gasteiger partial charge in [-0.05, 0) is 82.0 Å². The van der Waals surface area contributed by atoms with E-state index in [0.717, 1.165) is 43.6 Å². The predicted molar refractivity (Wildman–Crippen MR) is 161 cm³/mol. The van der Waals surface area contributed by atoms with E-state index < -0.39 is 0 Å². The van der Waals surface area contributed by atoms with Crippen molar-refractivity contribution >= 4 is 41.2 Å². The molecule has 2 heterocycles. The van der Waals surface area contributed by atoms with E-state index in [0.29, 0.717) is 10.6 Å². The fourth-order valence-electron chi connectivity index (χ4n) is 5.16. The highest BCUT2D eigenvalue weighted by atomic mass is 32.1. The molecule has 7 heteroatoms. The highest BCUT2D eigenvalue weighted by Gasteiger charge is 2.27. The van der Waals surface area contributed by atoms with E-state index in [2.05, 4.69) is 44.8 Å². The van der Waals surface area contributed by atoms with Crippen LogP contribution >= 0.6 is 24.0 Å². The van der Waals surface area contributed by atoms with Gasteiger partial charge in [0.25, 0.3) is 0 Å². The van der Waals surface area contributed by atoms with Gasteiger partial charge >= 0.3 is 5.97 Å². The number of esters is 1. The van der Waals surface area contributed by atoms with Crippen molar-refractivity contribution in [1.82, 2.24) is 0 Å². The molecule has 5 nitrogen and oxygen atoms in total. The molecule has 38 heavy (non-hydrogen) atoms. The van der Waals surface area contributed by atoms with Gasteiger partial charge in [0.15, 0.2) is 0 Å². The lowest BCUT2D eigenvalue weighted by molar-refractivity contribution is 0.0479. The number of ether oxygens (including phenoxy) is 2. The lowest BCUT2D eigenvalue weighted by Gasteiger charge is -2.33. The summed E-state index contributed by atoms with van der Waals surface area (Å²) in [5.74, 6) is 0.344. The minimum atomic E-state index is -0.338. The van der Waals surface area contributed by atoms with Crippen molar-refractivity contribution in [3.63, 3.8) is 0 Å². The van der Waals surface area contributed by atoms with Crippen LogP contribution in [0.2, 0.25) is 0 Å². The van der Waals surface area contributed by atoms with Gasteiger partial charge in [-0.15, -0.1) is 11.3 Å². The van der Waals surface area contributed by atoms with Crippen LogP contribution in [0.25, 0.3) is 16.7 Å². The van der Waals surface area contributed by atoms with Gasteiger partial charge in [0, 0.05) is 38.6 Å². The quantitative estimate of drug-likeness (QED) is 0.220. The van der Waals surface area contributed by atoms with E-state index in [1.807, 2.05) is 31.2 Å². The van der Waals surface area contributed by atoms with E-state index in [4.69, 9.17) is 9.47 Å². The number of aryl methyl sites for hydroxylation is 1. The van der Waals surface area contributed by atoms with Crippen LogP contribution in [0.15, 0.2) is 48.5 Å². The van der Waals surface area contributed by atoms with Crippen molar-refractivity contribution < 1.29 is 19.4 Å². The van der Waals surface area contributed by atoms with Crippen molar-refractivity contribution in [3.05, 3.63) is 69.4 Å². The molecule has 0 atom stereocenters. The van der Waals surface area contributed by atoms with E-state index in [1.54, 1.807) is 25.3 Å². The number of carbonyl (C=O) groups excluding carboxylic acids is 1. The topological polar surface area (TPSA) is 67.8 Å². The molecule has 0 spiro atoms. The summed E-state index contributed by atoms with van der Waals surface area (Å²) in [7, 11) is 1.57. The highest BCUT2D eigenvalue weighted by Crippen LogP contribution is 2.43. The van der Waals surface area contributed by atoms with Gasteiger partial charge < -0.3 is 19.9 Å². The monoisotopic (exact) mass is 551 g/mol. The van der Waals surface area contributed by atoms with Crippen LogP contribution in [0.5, 0.6) is 11.5 Å². The first-order valence-corrected chi connectivity index (χ1v) is 14.3. The van der Waals surface area contributed by atoms with E-state index >= 15 is 0 Å². The van der Waals surface area contributed by atoms with Gasteiger partial charge in [-0.25, -0.2) is 4.79 Å². The maximum Gasteiger partial charge on any atom is 0.348 e. The minimum absolute atomic E-state index is 0.117. The number of anilines is 1. The molecule has 0 bridgehead atoms. The zero-order valence-electron chi connectivity index (χ0n) is 22.8. The molecule has 1 fully saturated rings. The number of fused-ring (bicyclic) bond motifs is 1. The summed E-state index contributed by atoms with van der Waals surface area (Å²) in [6, 6.07) is 12.8. The molecule has 2 aliphatic rings. The largest absolute Gasteiger partial charge is 0.508 e. The number of aromatic hydroxyl groups is 1. The number of nitrogens with one attached hydrogen (secondary N) is 1. The van der Waals surface area contributed by atoms with Gasteiger partial charge in [-0.1, -0.05) is 25.0 Å². The number of phenols is 1. The standard InChI is InChI=1S/C26H27NO4S.C5H10S/c1-15-13-26(3,4)27-21-10-9-18(19-8-7-17(28)12-22(19)30-5)20(24(15)21)14-31-25(29)23-11-6-16(2)32-23;6-5-3-1-2-4-5/h6-13,27-28H,14H2,1-5H3;5-6H,1-4H2. The van der Waals surface area contributed by atoms with Crippen molar-refractivity contribution in [2.45, 2.75) is 70.8 Å². The van der Waals surface area contributed by atoms with Crippen molar-refractivity contribution in [1.29, 1.82) is 0 Å². The molecule has 2 aromatic carbocycles. The third kappa shape index (κ3) is 6.56. The van der Waals surface area contributed by atoms with E-state index in [-0.39, 0.29) is 23.9 Å². The number of methoxy groups -OCH3 is 1. The molecule has 2 N–H and O–H groups in total. The Balaban J connectivity index is 0.000000494. The predicted octanol–water partition coefficient (Wildman–Crippen LogP) is 8.26. The SMILES string of the molecule is COc1cc(O)ccc1-c1ccc2c(c1COC(=O)c1ccc(C)s1)C(C)=CC(C)(C)N2.SC1CCCC1. The summed E-state index contributed by atoms with van der Waals surface area (Å²) in [6.45, 7) is 8.40. The summed E-state index contributed by atoms with van der Waals surface area (Å²) in [5.41, 5.74) is 5.55. The van der Waals surface area contributed by atoms with Crippen LogP contribution in [0, 0.1) is 6.92 Å². The maximum absolute atomic E-state index is 12.7. The number of carbonyl (C=O) groups is 1. The number of thiophene rings is 1. The maximum atomic E-state index is 12.7. The molecular weight excluding hydrogens is 514 g/mol. The molecule has 0 unspecified atom stereocenters. The van der Waals surface area contributed by atoms with Gasteiger partial charge in [-0.2, -0.15) is 12.6 Å². The number of hydrogen-bond donors (Lipinski definition) is 3. The normalized spacial score (nSPS) is 16.0. The molecule has 1 aliphatic carbocycles. The van der Waals surface area contributed by atoms with Crippen LogP contribution in [0.3, 0.4) is 0 Å². The second-order valence-electron chi connectivity index (χ2n) is 10.5. The number of benzene rings is 2. The van der Waals surface area contributed by atoms with Crippen LogP contribution in [0.4, 0.5) is 5.69 Å². The molecule has 202 valence electrons. The lowest BCUT2D eigenvalue weighted by atomic mass is 9.85. The minimum Gasteiger partial charge on any atom is -0.508 e. The lowest BCUT2D eigenvalue weighted by Crippen LogP contribution is -2.32. The van der Waals surface area contributed by atoms with Crippen LogP contribution in [-0.4, -0.2) is 29.0 Å². The molecule has 1 aliphatic heterocycles. The summed E-state index contributed by atoms with van der Waals surface area (Å²) < 4.78 is 11.3. The van der Waals surface area contributed by atoms with Crippen LogP contribution in [0.1, 0.15) is 72.1 Å². The van der Waals surface area contributed by atoms with Gasteiger partial charge in [0.05, 0.1) is 12.6 Å². The second-order valence-corrected chi connectivity index (χ2v) is 12.5. The molecule has 3 aromatic rings. The van der Waals surface area contributed by atoms with Crippen LogP contribution < -0.4 is 10.1 Å². The fraction of sp³-hybridized carbons (Fsp3) is 0.387. The summed E-state index contributed by atoms with van der Waals surface area (Å²) >= 11 is 5.71. The smallest absolute Gasteiger partial charge is 0.348 e. The Labute approximate surface area is 235 Å². The van der Waals surface area contributed by atoms with E-state index in [1.165, 1.54) is 37.0 Å². The number of rotatable bonds is 5. The van der Waals surface area contributed by atoms with E-state index in [9.17, 15) is 9.90 Å². The zero-order chi connectivity index (χ0) is 27.4. The Kier molecular flexibility index (Phi) is 8.78. The first kappa shape index (κ1) is 28.1. The first-order chi connectivity index (χ1) is 18.1. The average Bonchev–Trinajstić information content (AvgIpc) is 3.52. The molecule has 1 aromatic heterocycles. The first-order valence-electron chi connectivity index (χ1n) is 13.0. The molecule has 1 saturated carbocycles. The molecular formula is C31H37NO4S2. The Morgan fingerprint density at radius 3 is 2.42 bits per heavy atom. The van der Waals surface area contributed by atoms with Gasteiger partial charge in [0.1, 0.15) is 23.0 Å². The fourth-order valence-corrected chi connectivity index (χ4v) is 6.29. The highest BCUT2D eigenvalue weighted by molar-refractivity contribution is 7.80. The second kappa shape index (κ2) is 11.9. The van der Waals surface area contributed by atoms with Crippen LogP contribution in [-0.2, 0) is 11.3 Å². The average molecular weight is 552 g/mol. The zero-order valence-corrected chi connectivity index (χ0v) is 24.5. The number of hydrogen-bond acceptors (Lipinski definition) is 7. The molecule has 5 rings (SSSR count). The number of allylic oxidation sites excluding steroid dienone is 1. The summed E-state index contributed by atoms with van der Waals surface area (Å²) in [5, 5.41) is 14.2. The van der Waals surface area contributed by atoms with Crippen molar-refractivity contribution in [2.24, 2.45) is 0 Å².